The average Bonchev–Trinajstić information content (AvgIpc) is 2.47. The Bertz CT molecular complexity index is 530. The van der Waals surface area contributed by atoms with Crippen molar-refractivity contribution in [2.45, 2.75) is 38.8 Å². The number of carbonyl (C=O) groups is 2. The van der Waals surface area contributed by atoms with Crippen LogP contribution in [-0.2, 0) is 22.6 Å². The minimum absolute atomic E-state index is 0.00930. The van der Waals surface area contributed by atoms with Gasteiger partial charge in [-0.25, -0.2) is 4.79 Å². The van der Waals surface area contributed by atoms with Gasteiger partial charge in [-0.05, 0) is 29.9 Å². The van der Waals surface area contributed by atoms with Crippen molar-refractivity contribution in [3.05, 3.63) is 35.4 Å². The lowest BCUT2D eigenvalue weighted by molar-refractivity contribution is -0.154. The van der Waals surface area contributed by atoms with E-state index in [0.29, 0.717) is 13.1 Å². The molecule has 0 radical (unpaired) electrons. The van der Waals surface area contributed by atoms with Crippen LogP contribution in [0.3, 0.4) is 0 Å². The molecule has 5 nitrogen and oxygen atoms in total. The Morgan fingerprint density at radius 1 is 1.33 bits per heavy atom. The second-order valence-electron chi connectivity index (χ2n) is 5.64. The van der Waals surface area contributed by atoms with Crippen molar-refractivity contribution >= 4 is 11.9 Å². The van der Waals surface area contributed by atoms with Gasteiger partial charge in [0.25, 0.3) is 0 Å². The molecule has 0 spiro atoms. The molecule has 1 fully saturated rings. The minimum atomic E-state index is -0.914. The molecule has 1 aliphatic rings. The Kier molecular flexibility index (Phi) is 4.96. The Hall–Kier alpha value is -1.88. The smallest absolute Gasteiger partial charge is 0.326 e. The molecular weight excluding hydrogens is 268 g/mol. The number of hydrogen-bond acceptors (Lipinski definition) is 3. The van der Waals surface area contributed by atoms with Gasteiger partial charge < -0.3 is 15.7 Å². The maximum Gasteiger partial charge on any atom is 0.326 e. The fourth-order valence-electron chi connectivity index (χ4n) is 3.04. The van der Waals surface area contributed by atoms with Gasteiger partial charge >= 0.3 is 5.97 Å². The molecule has 5 heteroatoms. The number of carboxylic acid groups (broad SMARTS) is 1. The topological polar surface area (TPSA) is 83.6 Å². The number of carbonyl (C=O) groups excluding carboxylic acids is 1. The second-order valence-corrected chi connectivity index (χ2v) is 5.64. The average molecular weight is 290 g/mol. The van der Waals surface area contributed by atoms with Crippen molar-refractivity contribution in [3.63, 3.8) is 0 Å². The first-order valence-electron chi connectivity index (χ1n) is 7.33. The SMILES string of the molecule is CC1CCCN(C(=O)Cc2ccccc2CN)C1C(=O)O. The van der Waals surface area contributed by atoms with E-state index in [-0.39, 0.29) is 18.2 Å². The van der Waals surface area contributed by atoms with Crippen molar-refractivity contribution < 1.29 is 14.7 Å². The molecule has 1 heterocycles. The number of amides is 1. The van der Waals surface area contributed by atoms with Gasteiger partial charge in [0.2, 0.25) is 5.91 Å². The summed E-state index contributed by atoms with van der Waals surface area (Å²) in [4.78, 5) is 25.5. The number of hydrogen-bond donors (Lipinski definition) is 2. The molecule has 1 aromatic carbocycles. The quantitative estimate of drug-likeness (QED) is 0.878. The highest BCUT2D eigenvalue weighted by Crippen LogP contribution is 2.24. The monoisotopic (exact) mass is 290 g/mol. The summed E-state index contributed by atoms with van der Waals surface area (Å²) in [5.74, 6) is -1.05. The van der Waals surface area contributed by atoms with Gasteiger partial charge in [0, 0.05) is 13.1 Å². The summed E-state index contributed by atoms with van der Waals surface area (Å²) in [5.41, 5.74) is 7.50. The van der Waals surface area contributed by atoms with E-state index < -0.39 is 12.0 Å². The van der Waals surface area contributed by atoms with Crippen LogP contribution in [0.1, 0.15) is 30.9 Å². The highest BCUT2D eigenvalue weighted by Gasteiger charge is 2.36. The number of likely N-dealkylation sites (tertiary alicyclic amines) is 1. The Morgan fingerprint density at radius 3 is 2.62 bits per heavy atom. The third-order valence-corrected chi connectivity index (χ3v) is 4.19. The summed E-state index contributed by atoms with van der Waals surface area (Å²) >= 11 is 0. The normalized spacial score (nSPS) is 22.1. The summed E-state index contributed by atoms with van der Waals surface area (Å²) in [5, 5.41) is 9.38. The zero-order valence-electron chi connectivity index (χ0n) is 12.3. The van der Waals surface area contributed by atoms with Crippen molar-refractivity contribution in [2.75, 3.05) is 6.54 Å². The molecule has 3 N–H and O–H groups in total. The fraction of sp³-hybridized carbons (Fsp3) is 0.500. The number of aliphatic carboxylic acids is 1. The van der Waals surface area contributed by atoms with E-state index in [1.54, 1.807) is 0 Å². The molecule has 0 bridgehead atoms. The predicted molar refractivity (Wildman–Crippen MR) is 79.6 cm³/mol. The molecule has 0 saturated carbocycles. The third kappa shape index (κ3) is 3.42. The van der Waals surface area contributed by atoms with Gasteiger partial charge in [-0.3, -0.25) is 4.79 Å². The summed E-state index contributed by atoms with van der Waals surface area (Å²) in [6.07, 6.45) is 1.92. The van der Waals surface area contributed by atoms with Gasteiger partial charge in [-0.1, -0.05) is 31.2 Å². The third-order valence-electron chi connectivity index (χ3n) is 4.19. The van der Waals surface area contributed by atoms with Crippen molar-refractivity contribution in [2.24, 2.45) is 11.7 Å². The van der Waals surface area contributed by atoms with E-state index in [1.807, 2.05) is 31.2 Å². The Morgan fingerprint density at radius 2 is 2.00 bits per heavy atom. The zero-order valence-corrected chi connectivity index (χ0v) is 12.3. The van der Waals surface area contributed by atoms with Gasteiger partial charge in [0.15, 0.2) is 0 Å². The maximum absolute atomic E-state index is 12.5. The molecule has 0 aromatic heterocycles. The molecule has 114 valence electrons. The second kappa shape index (κ2) is 6.72. The van der Waals surface area contributed by atoms with E-state index in [4.69, 9.17) is 5.73 Å². The van der Waals surface area contributed by atoms with Crippen molar-refractivity contribution in [1.82, 2.24) is 4.90 Å². The summed E-state index contributed by atoms with van der Waals surface area (Å²) in [7, 11) is 0. The lowest BCUT2D eigenvalue weighted by Gasteiger charge is -2.37. The molecular formula is C16H22N2O3. The number of nitrogens with zero attached hydrogens (tertiary/aromatic N) is 1. The summed E-state index contributed by atoms with van der Waals surface area (Å²) in [6, 6.07) is 6.82. The predicted octanol–water partition coefficient (Wildman–Crippen LogP) is 1.40. The number of benzene rings is 1. The van der Waals surface area contributed by atoms with Crippen molar-refractivity contribution in [1.29, 1.82) is 0 Å². The molecule has 2 atom stereocenters. The Labute approximate surface area is 124 Å². The van der Waals surface area contributed by atoms with Gasteiger partial charge in [0.1, 0.15) is 6.04 Å². The lowest BCUT2D eigenvalue weighted by Crippen LogP contribution is -2.52. The summed E-state index contributed by atoms with van der Waals surface area (Å²) < 4.78 is 0. The fourth-order valence-corrected chi connectivity index (χ4v) is 3.04. The first kappa shape index (κ1) is 15.5. The van der Waals surface area contributed by atoms with Gasteiger partial charge in [-0.2, -0.15) is 0 Å². The van der Waals surface area contributed by atoms with Crippen LogP contribution in [0, 0.1) is 5.92 Å². The van der Waals surface area contributed by atoms with Crippen LogP contribution in [0.25, 0.3) is 0 Å². The van der Waals surface area contributed by atoms with E-state index in [1.165, 1.54) is 4.90 Å². The van der Waals surface area contributed by atoms with Crippen molar-refractivity contribution in [3.8, 4) is 0 Å². The highest BCUT2D eigenvalue weighted by molar-refractivity contribution is 5.85. The minimum Gasteiger partial charge on any atom is -0.480 e. The lowest BCUT2D eigenvalue weighted by atomic mass is 9.90. The summed E-state index contributed by atoms with van der Waals surface area (Å²) in [6.45, 7) is 2.79. The standard InChI is InChI=1S/C16H22N2O3/c1-11-5-4-8-18(15(11)16(20)21)14(19)9-12-6-2-3-7-13(12)10-17/h2-3,6-7,11,15H,4-5,8-10,17H2,1H3,(H,20,21). The van der Waals surface area contributed by atoms with Crippen LogP contribution < -0.4 is 5.73 Å². The molecule has 2 unspecified atom stereocenters. The van der Waals surface area contributed by atoms with E-state index >= 15 is 0 Å². The van der Waals surface area contributed by atoms with E-state index in [9.17, 15) is 14.7 Å². The van der Waals surface area contributed by atoms with Crippen LogP contribution in [-0.4, -0.2) is 34.5 Å². The van der Waals surface area contributed by atoms with Gasteiger partial charge in [-0.15, -0.1) is 0 Å². The van der Waals surface area contributed by atoms with Gasteiger partial charge in [0.05, 0.1) is 6.42 Å². The van der Waals surface area contributed by atoms with Crippen LogP contribution in [0.5, 0.6) is 0 Å². The number of nitrogens with two attached hydrogens (primary N) is 1. The Balaban J connectivity index is 2.16. The first-order chi connectivity index (χ1) is 10.0. The maximum atomic E-state index is 12.5. The van der Waals surface area contributed by atoms with Crippen LogP contribution in [0.15, 0.2) is 24.3 Å². The number of piperidine rings is 1. The van der Waals surface area contributed by atoms with E-state index in [2.05, 4.69) is 0 Å². The molecule has 1 amide bonds. The number of carboxylic acids is 1. The van der Waals surface area contributed by atoms with E-state index in [0.717, 1.165) is 24.0 Å². The largest absolute Gasteiger partial charge is 0.480 e. The molecule has 1 aromatic rings. The number of rotatable bonds is 4. The van der Waals surface area contributed by atoms with Crippen LogP contribution in [0.2, 0.25) is 0 Å². The molecule has 2 rings (SSSR count). The molecule has 0 aliphatic carbocycles. The van der Waals surface area contributed by atoms with Crippen LogP contribution in [0.4, 0.5) is 0 Å². The zero-order chi connectivity index (χ0) is 15.4. The highest BCUT2D eigenvalue weighted by atomic mass is 16.4. The molecule has 1 aliphatic heterocycles. The molecule has 1 saturated heterocycles. The first-order valence-corrected chi connectivity index (χ1v) is 7.33. The van der Waals surface area contributed by atoms with Crippen LogP contribution >= 0.6 is 0 Å². The molecule has 21 heavy (non-hydrogen) atoms.